The lowest BCUT2D eigenvalue weighted by Gasteiger charge is -2.33. The van der Waals surface area contributed by atoms with Crippen molar-refractivity contribution in [2.75, 3.05) is 39.3 Å². The summed E-state index contributed by atoms with van der Waals surface area (Å²) in [6.07, 6.45) is 4.65. The Labute approximate surface area is 207 Å². The highest BCUT2D eigenvalue weighted by Crippen LogP contribution is 2.36. The molecule has 1 aromatic heterocycles. The summed E-state index contributed by atoms with van der Waals surface area (Å²) in [6, 6.07) is 15.4. The van der Waals surface area contributed by atoms with E-state index < -0.39 is 0 Å². The van der Waals surface area contributed by atoms with Gasteiger partial charge in [-0.3, -0.25) is 0 Å². The van der Waals surface area contributed by atoms with Crippen molar-refractivity contribution in [2.24, 2.45) is 0 Å². The van der Waals surface area contributed by atoms with E-state index in [2.05, 4.69) is 66.8 Å². The van der Waals surface area contributed by atoms with Crippen LogP contribution >= 0.6 is 11.6 Å². The van der Waals surface area contributed by atoms with E-state index in [0.29, 0.717) is 5.92 Å². The molecule has 2 saturated heterocycles. The standard InChI is InChI=1S/C28H35ClN4O/c1-20(2)32-17-16-31(28(32)34)15-14-30-12-10-22(11-13-30)26-19-33(24-7-5-23(29)6-8-24)27-18-21(3)4-9-25(26)27/h4-9,18-20,22H,10-17H2,1-3H3. The van der Waals surface area contributed by atoms with Gasteiger partial charge in [0, 0.05) is 54.5 Å². The molecule has 3 heterocycles. The summed E-state index contributed by atoms with van der Waals surface area (Å²) in [5.41, 5.74) is 5.14. The van der Waals surface area contributed by atoms with Gasteiger partial charge in [0.25, 0.3) is 0 Å². The Morgan fingerprint density at radius 2 is 1.71 bits per heavy atom. The highest BCUT2D eigenvalue weighted by Gasteiger charge is 2.31. The lowest BCUT2D eigenvalue weighted by atomic mass is 9.89. The number of benzene rings is 2. The fourth-order valence-electron chi connectivity index (χ4n) is 5.52. The molecule has 0 N–H and O–H groups in total. The number of amides is 2. The molecule has 2 aromatic carbocycles. The third-order valence-electron chi connectivity index (χ3n) is 7.56. The lowest BCUT2D eigenvalue weighted by Crippen LogP contribution is -2.41. The smallest absolute Gasteiger partial charge is 0.320 e. The maximum absolute atomic E-state index is 12.6. The van der Waals surface area contributed by atoms with Crippen LogP contribution in [-0.4, -0.2) is 70.6 Å². The van der Waals surface area contributed by atoms with Crippen LogP contribution in [0.1, 0.15) is 43.7 Å². The Balaban J connectivity index is 1.27. The molecule has 2 amide bonds. The summed E-state index contributed by atoms with van der Waals surface area (Å²) < 4.78 is 2.32. The van der Waals surface area contributed by atoms with Crippen LogP contribution in [0.15, 0.2) is 48.7 Å². The number of hydrogen-bond donors (Lipinski definition) is 0. The van der Waals surface area contributed by atoms with Gasteiger partial charge in [-0.1, -0.05) is 23.7 Å². The minimum atomic E-state index is 0.204. The normalized spacial score (nSPS) is 18.1. The van der Waals surface area contributed by atoms with Gasteiger partial charge in [-0.25, -0.2) is 4.79 Å². The minimum Gasteiger partial charge on any atom is -0.322 e. The molecule has 0 spiro atoms. The van der Waals surface area contributed by atoms with Gasteiger partial charge in [0.15, 0.2) is 0 Å². The Hall–Kier alpha value is -2.50. The summed E-state index contributed by atoms with van der Waals surface area (Å²) >= 11 is 6.14. The number of fused-ring (bicyclic) bond motifs is 1. The Morgan fingerprint density at radius 3 is 2.38 bits per heavy atom. The van der Waals surface area contributed by atoms with Crippen LogP contribution in [0.3, 0.4) is 0 Å². The van der Waals surface area contributed by atoms with E-state index in [9.17, 15) is 4.79 Å². The van der Waals surface area contributed by atoms with Gasteiger partial charge in [-0.05, 0) is 94.1 Å². The molecule has 2 aliphatic heterocycles. The Bertz CT molecular complexity index is 1160. The van der Waals surface area contributed by atoms with E-state index in [4.69, 9.17) is 11.6 Å². The number of nitrogens with zero attached hydrogens (tertiary/aromatic N) is 4. The van der Waals surface area contributed by atoms with Gasteiger partial charge in [0.05, 0.1) is 5.52 Å². The van der Waals surface area contributed by atoms with Gasteiger partial charge in [-0.2, -0.15) is 0 Å². The van der Waals surface area contributed by atoms with Crippen LogP contribution in [0.25, 0.3) is 16.6 Å². The summed E-state index contributed by atoms with van der Waals surface area (Å²) in [5, 5.41) is 2.12. The van der Waals surface area contributed by atoms with E-state index in [1.807, 2.05) is 21.9 Å². The quantitative estimate of drug-likeness (QED) is 0.440. The summed E-state index contributed by atoms with van der Waals surface area (Å²) in [7, 11) is 0. The van der Waals surface area contributed by atoms with Crippen molar-refractivity contribution < 1.29 is 4.79 Å². The first-order chi connectivity index (χ1) is 16.4. The second-order valence-electron chi connectivity index (χ2n) is 10.1. The third kappa shape index (κ3) is 4.56. The first-order valence-electron chi connectivity index (χ1n) is 12.6. The zero-order valence-electron chi connectivity index (χ0n) is 20.5. The fraction of sp³-hybridized carbons (Fsp3) is 0.464. The van der Waals surface area contributed by atoms with E-state index in [1.165, 1.54) is 22.0 Å². The SMILES string of the molecule is Cc1ccc2c(C3CCN(CCN4CCN(C(C)C)C4=O)CC3)cn(-c3ccc(Cl)cc3)c2c1. The first kappa shape index (κ1) is 23.3. The number of carbonyl (C=O) groups excluding carboxylic acids is 1. The second-order valence-corrected chi connectivity index (χ2v) is 10.6. The molecule has 180 valence electrons. The monoisotopic (exact) mass is 478 g/mol. The molecule has 0 saturated carbocycles. The van der Waals surface area contributed by atoms with Crippen LogP contribution in [0.5, 0.6) is 0 Å². The van der Waals surface area contributed by atoms with E-state index in [0.717, 1.165) is 62.8 Å². The largest absolute Gasteiger partial charge is 0.322 e. The molecule has 5 nitrogen and oxygen atoms in total. The molecule has 3 aromatic rings. The maximum Gasteiger partial charge on any atom is 0.320 e. The van der Waals surface area contributed by atoms with Crippen molar-refractivity contribution in [3.05, 3.63) is 64.8 Å². The van der Waals surface area contributed by atoms with Gasteiger partial charge in [0.1, 0.15) is 0 Å². The molecular weight excluding hydrogens is 444 g/mol. The van der Waals surface area contributed by atoms with Gasteiger partial charge >= 0.3 is 6.03 Å². The van der Waals surface area contributed by atoms with Crippen molar-refractivity contribution in [1.82, 2.24) is 19.3 Å². The number of piperidine rings is 1. The molecule has 34 heavy (non-hydrogen) atoms. The lowest BCUT2D eigenvalue weighted by molar-refractivity contribution is 0.166. The third-order valence-corrected chi connectivity index (χ3v) is 7.81. The van der Waals surface area contributed by atoms with Gasteiger partial charge in [0.2, 0.25) is 0 Å². The molecule has 6 heteroatoms. The van der Waals surface area contributed by atoms with Crippen LogP contribution in [-0.2, 0) is 0 Å². The summed E-state index contributed by atoms with van der Waals surface area (Å²) in [6.45, 7) is 12.0. The van der Waals surface area contributed by atoms with Gasteiger partial charge in [-0.15, -0.1) is 0 Å². The maximum atomic E-state index is 12.6. The van der Waals surface area contributed by atoms with Crippen molar-refractivity contribution >= 4 is 28.5 Å². The average molecular weight is 479 g/mol. The molecule has 2 aliphatic rings. The predicted molar refractivity (Wildman–Crippen MR) is 140 cm³/mol. The topological polar surface area (TPSA) is 31.7 Å². The Morgan fingerprint density at radius 1 is 0.971 bits per heavy atom. The summed E-state index contributed by atoms with van der Waals surface area (Å²) in [4.78, 5) is 19.1. The molecule has 0 radical (unpaired) electrons. The minimum absolute atomic E-state index is 0.204. The Kier molecular flexibility index (Phi) is 6.59. The van der Waals surface area contributed by atoms with Crippen LogP contribution in [0, 0.1) is 6.92 Å². The van der Waals surface area contributed by atoms with Crippen LogP contribution in [0.2, 0.25) is 5.02 Å². The predicted octanol–water partition coefficient (Wildman–Crippen LogP) is 5.92. The zero-order valence-corrected chi connectivity index (χ0v) is 21.3. The van der Waals surface area contributed by atoms with Gasteiger partial charge < -0.3 is 19.3 Å². The average Bonchev–Trinajstić information content (AvgIpc) is 3.39. The first-order valence-corrected chi connectivity index (χ1v) is 12.9. The van der Waals surface area contributed by atoms with Crippen LogP contribution in [0.4, 0.5) is 4.79 Å². The zero-order chi connectivity index (χ0) is 23.8. The number of halogens is 1. The van der Waals surface area contributed by atoms with Crippen LogP contribution < -0.4 is 0 Å². The number of aromatic nitrogens is 1. The molecule has 5 rings (SSSR count). The second kappa shape index (κ2) is 9.63. The molecule has 0 aliphatic carbocycles. The molecule has 0 bridgehead atoms. The molecule has 2 fully saturated rings. The number of hydrogen-bond acceptors (Lipinski definition) is 2. The summed E-state index contributed by atoms with van der Waals surface area (Å²) in [5.74, 6) is 0.555. The molecular formula is C28H35ClN4O. The molecule has 0 unspecified atom stereocenters. The highest BCUT2D eigenvalue weighted by molar-refractivity contribution is 6.30. The number of rotatable bonds is 6. The number of urea groups is 1. The van der Waals surface area contributed by atoms with Crippen molar-refractivity contribution in [3.63, 3.8) is 0 Å². The number of likely N-dealkylation sites (tertiary alicyclic amines) is 1. The number of aryl methyl sites for hydroxylation is 1. The fourth-order valence-corrected chi connectivity index (χ4v) is 5.65. The van der Waals surface area contributed by atoms with Crippen molar-refractivity contribution in [3.8, 4) is 5.69 Å². The van der Waals surface area contributed by atoms with Crippen molar-refractivity contribution in [2.45, 2.75) is 45.6 Å². The van der Waals surface area contributed by atoms with E-state index in [1.54, 1.807) is 0 Å². The van der Waals surface area contributed by atoms with E-state index in [-0.39, 0.29) is 12.1 Å². The number of carbonyl (C=O) groups is 1. The van der Waals surface area contributed by atoms with E-state index >= 15 is 0 Å². The molecule has 0 atom stereocenters. The van der Waals surface area contributed by atoms with Crippen molar-refractivity contribution in [1.29, 1.82) is 0 Å². The highest BCUT2D eigenvalue weighted by atomic mass is 35.5.